The number of rotatable bonds is 5. The second-order valence-electron chi connectivity index (χ2n) is 6.63. The van der Waals surface area contributed by atoms with Crippen LogP contribution in [0.15, 0.2) is 48.2 Å². The van der Waals surface area contributed by atoms with E-state index in [4.69, 9.17) is 4.74 Å². The first kappa shape index (κ1) is 19.1. The van der Waals surface area contributed by atoms with E-state index in [0.717, 1.165) is 11.0 Å². The number of nitriles is 1. The summed E-state index contributed by atoms with van der Waals surface area (Å²) in [5.41, 5.74) is 2.94. The smallest absolute Gasteiger partial charge is 0.338 e. The number of hydrogen-bond acceptors (Lipinski definition) is 7. The number of nitrogens with zero attached hydrogens (tertiary/aromatic N) is 5. The zero-order valence-corrected chi connectivity index (χ0v) is 16.3. The number of fused-ring (bicyclic) bond motifs is 2. The summed E-state index contributed by atoms with van der Waals surface area (Å²) in [6, 6.07) is 14.1. The summed E-state index contributed by atoms with van der Waals surface area (Å²) in [4.78, 5) is 19.9. The van der Waals surface area contributed by atoms with Crippen molar-refractivity contribution in [2.75, 3.05) is 0 Å². The standard InChI is InChI=1S/C21H18N6O3/c1-3-27-18-9-8-13(10-17(18)25-26-27)21(29)30-12(2)19(28)14(11-22)20-23-15-6-4-5-7-16(15)24-20/h4-10,12,28H,3H2,1-2H3,(H,23,24)/b19-14-/t12-/m1/s1. The maximum Gasteiger partial charge on any atom is 0.338 e. The third-order valence-electron chi connectivity index (χ3n) is 4.71. The number of benzene rings is 2. The van der Waals surface area contributed by atoms with E-state index < -0.39 is 12.1 Å². The first-order valence-corrected chi connectivity index (χ1v) is 9.34. The predicted molar refractivity (Wildman–Crippen MR) is 109 cm³/mol. The van der Waals surface area contributed by atoms with Crippen LogP contribution in [-0.2, 0) is 11.3 Å². The molecule has 9 nitrogen and oxygen atoms in total. The third kappa shape index (κ3) is 3.35. The summed E-state index contributed by atoms with van der Waals surface area (Å²) in [7, 11) is 0. The number of aromatic amines is 1. The molecule has 0 radical (unpaired) electrons. The van der Waals surface area contributed by atoms with E-state index >= 15 is 0 Å². The van der Waals surface area contributed by atoms with Crippen molar-refractivity contribution in [2.24, 2.45) is 0 Å². The first-order chi connectivity index (χ1) is 14.5. The summed E-state index contributed by atoms with van der Waals surface area (Å²) in [6.07, 6.45) is -1.05. The molecule has 2 aromatic heterocycles. The maximum atomic E-state index is 12.6. The van der Waals surface area contributed by atoms with E-state index in [0.29, 0.717) is 17.6 Å². The molecular formula is C21H18N6O3. The minimum Gasteiger partial charge on any atom is -0.507 e. The maximum absolute atomic E-state index is 12.6. The lowest BCUT2D eigenvalue weighted by Gasteiger charge is -2.13. The molecule has 0 unspecified atom stereocenters. The van der Waals surface area contributed by atoms with Gasteiger partial charge in [-0.15, -0.1) is 5.10 Å². The first-order valence-electron chi connectivity index (χ1n) is 9.34. The normalized spacial score (nSPS) is 13.1. The number of carbonyl (C=O) groups excluding carboxylic acids is 1. The van der Waals surface area contributed by atoms with E-state index in [1.165, 1.54) is 6.92 Å². The van der Waals surface area contributed by atoms with Gasteiger partial charge in [0.1, 0.15) is 17.2 Å². The van der Waals surface area contributed by atoms with Crippen molar-refractivity contribution >= 4 is 33.6 Å². The van der Waals surface area contributed by atoms with E-state index in [9.17, 15) is 15.2 Å². The minimum absolute atomic E-state index is 0.0900. The number of ether oxygens (including phenoxy) is 1. The number of para-hydroxylation sites is 2. The number of aliphatic hydroxyl groups is 1. The van der Waals surface area contributed by atoms with E-state index in [1.54, 1.807) is 28.9 Å². The number of H-pyrrole nitrogens is 1. The van der Waals surface area contributed by atoms with Gasteiger partial charge in [-0.05, 0) is 44.2 Å². The van der Waals surface area contributed by atoms with Crippen LogP contribution in [0.25, 0.3) is 27.6 Å². The van der Waals surface area contributed by atoms with Gasteiger partial charge in [0.05, 0.1) is 22.1 Å². The molecule has 0 spiro atoms. The second-order valence-corrected chi connectivity index (χ2v) is 6.63. The van der Waals surface area contributed by atoms with Crippen molar-refractivity contribution in [1.82, 2.24) is 25.0 Å². The van der Waals surface area contributed by atoms with Gasteiger partial charge in [0.25, 0.3) is 0 Å². The van der Waals surface area contributed by atoms with Crippen LogP contribution in [0.3, 0.4) is 0 Å². The number of hydrogen-bond donors (Lipinski definition) is 2. The Hall–Kier alpha value is -4.19. The molecule has 0 aliphatic rings. The van der Waals surface area contributed by atoms with Gasteiger partial charge in [-0.25, -0.2) is 14.5 Å². The van der Waals surface area contributed by atoms with Crippen LogP contribution < -0.4 is 0 Å². The molecule has 150 valence electrons. The van der Waals surface area contributed by atoms with Gasteiger partial charge in [0.15, 0.2) is 17.7 Å². The molecule has 0 saturated carbocycles. The number of aromatic nitrogens is 5. The van der Waals surface area contributed by atoms with E-state index in [2.05, 4.69) is 20.3 Å². The Morgan fingerprint density at radius 3 is 2.83 bits per heavy atom. The SMILES string of the molecule is CCn1nnc2cc(C(=O)O[C@H](C)/C(O)=C(\C#N)c3nc4ccccc4[nH]3)ccc21. The average molecular weight is 402 g/mol. The number of imidazole rings is 1. The Kier molecular flexibility index (Phi) is 4.90. The molecule has 1 atom stereocenters. The molecule has 9 heteroatoms. The largest absolute Gasteiger partial charge is 0.507 e. The van der Waals surface area contributed by atoms with Crippen LogP contribution in [0.4, 0.5) is 0 Å². The van der Waals surface area contributed by atoms with E-state index in [-0.39, 0.29) is 22.7 Å². The fourth-order valence-corrected chi connectivity index (χ4v) is 3.12. The fraction of sp³-hybridized carbons (Fsp3) is 0.190. The van der Waals surface area contributed by atoms with Gasteiger partial charge in [-0.3, -0.25) is 0 Å². The molecule has 0 fully saturated rings. The Morgan fingerprint density at radius 1 is 1.30 bits per heavy atom. The van der Waals surface area contributed by atoms with Crippen LogP contribution in [0, 0.1) is 11.3 Å². The van der Waals surface area contributed by atoms with Crippen molar-refractivity contribution in [1.29, 1.82) is 5.26 Å². The predicted octanol–water partition coefficient (Wildman–Crippen LogP) is 3.37. The lowest BCUT2D eigenvalue weighted by Crippen LogP contribution is -2.18. The highest BCUT2D eigenvalue weighted by Crippen LogP contribution is 2.22. The van der Waals surface area contributed by atoms with Crippen molar-refractivity contribution in [3.63, 3.8) is 0 Å². The highest BCUT2D eigenvalue weighted by atomic mass is 16.6. The molecule has 0 saturated heterocycles. The van der Waals surface area contributed by atoms with Crippen molar-refractivity contribution in [3.8, 4) is 6.07 Å². The van der Waals surface area contributed by atoms with Gasteiger partial charge < -0.3 is 14.8 Å². The van der Waals surface area contributed by atoms with Crippen LogP contribution in [0.1, 0.15) is 30.0 Å². The molecule has 30 heavy (non-hydrogen) atoms. The van der Waals surface area contributed by atoms with Crippen molar-refractivity contribution in [3.05, 3.63) is 59.6 Å². The van der Waals surface area contributed by atoms with Crippen LogP contribution in [0.2, 0.25) is 0 Å². The number of esters is 1. The molecule has 2 N–H and O–H groups in total. The molecule has 4 rings (SSSR count). The number of carbonyl (C=O) groups is 1. The zero-order chi connectivity index (χ0) is 21.3. The number of aliphatic hydroxyl groups excluding tert-OH is 1. The van der Waals surface area contributed by atoms with Gasteiger partial charge in [-0.1, -0.05) is 17.3 Å². The molecule has 0 aliphatic heterocycles. The molecule has 2 heterocycles. The highest BCUT2D eigenvalue weighted by molar-refractivity contribution is 5.94. The average Bonchev–Trinajstić information content (AvgIpc) is 3.37. The van der Waals surface area contributed by atoms with Gasteiger partial charge in [0, 0.05) is 6.54 Å². The highest BCUT2D eigenvalue weighted by Gasteiger charge is 2.22. The molecule has 0 amide bonds. The second kappa shape index (κ2) is 7.67. The molecule has 4 aromatic rings. The number of aryl methyl sites for hydroxylation is 1. The fourth-order valence-electron chi connectivity index (χ4n) is 3.12. The molecule has 2 aromatic carbocycles. The van der Waals surface area contributed by atoms with Crippen LogP contribution >= 0.6 is 0 Å². The molecular weight excluding hydrogens is 384 g/mol. The summed E-state index contributed by atoms with van der Waals surface area (Å²) < 4.78 is 7.08. The Morgan fingerprint density at radius 2 is 2.10 bits per heavy atom. The number of allylic oxidation sites excluding steroid dienone is 1. The third-order valence-corrected chi connectivity index (χ3v) is 4.71. The lowest BCUT2D eigenvalue weighted by molar-refractivity contribution is 0.0334. The quantitative estimate of drug-likeness (QED) is 0.297. The van der Waals surface area contributed by atoms with Gasteiger partial charge >= 0.3 is 5.97 Å². The van der Waals surface area contributed by atoms with Crippen LogP contribution in [-0.4, -0.2) is 42.1 Å². The Labute approximate surface area is 171 Å². The number of nitrogens with one attached hydrogen (secondary N) is 1. The zero-order valence-electron chi connectivity index (χ0n) is 16.3. The lowest BCUT2D eigenvalue weighted by atomic mass is 10.1. The topological polar surface area (TPSA) is 130 Å². The van der Waals surface area contributed by atoms with Crippen LogP contribution in [0.5, 0.6) is 0 Å². The summed E-state index contributed by atoms with van der Waals surface area (Å²) in [6.45, 7) is 4.09. The van der Waals surface area contributed by atoms with Gasteiger partial charge in [-0.2, -0.15) is 5.26 Å². The Balaban J connectivity index is 1.59. The van der Waals surface area contributed by atoms with Crippen molar-refractivity contribution < 1.29 is 14.6 Å². The summed E-state index contributed by atoms with van der Waals surface area (Å²) >= 11 is 0. The summed E-state index contributed by atoms with van der Waals surface area (Å²) in [5, 5.41) is 28.1. The van der Waals surface area contributed by atoms with E-state index in [1.807, 2.05) is 31.2 Å². The molecule has 0 aliphatic carbocycles. The van der Waals surface area contributed by atoms with Gasteiger partial charge in [0.2, 0.25) is 0 Å². The minimum atomic E-state index is -1.05. The molecule has 0 bridgehead atoms. The summed E-state index contributed by atoms with van der Waals surface area (Å²) in [5.74, 6) is -0.830. The monoisotopic (exact) mass is 402 g/mol. The van der Waals surface area contributed by atoms with Crippen molar-refractivity contribution in [2.45, 2.75) is 26.5 Å². The Bertz CT molecular complexity index is 1290.